The van der Waals surface area contributed by atoms with Crippen LogP contribution in [0.1, 0.15) is 85.0 Å². The molecule has 2 aromatic rings. The van der Waals surface area contributed by atoms with Gasteiger partial charge in [-0.05, 0) is 56.6 Å². The first-order valence-corrected chi connectivity index (χ1v) is 14.4. The molecule has 2 aliphatic rings. The van der Waals surface area contributed by atoms with Crippen molar-refractivity contribution in [3.05, 3.63) is 71.8 Å². The van der Waals surface area contributed by atoms with E-state index in [1.54, 1.807) is 27.7 Å². The van der Waals surface area contributed by atoms with E-state index < -0.39 is 53.2 Å². The molecule has 4 amide bonds. The summed E-state index contributed by atoms with van der Waals surface area (Å²) in [4.78, 5) is 56.9. The van der Waals surface area contributed by atoms with Crippen LogP contribution in [0.3, 0.4) is 0 Å². The van der Waals surface area contributed by atoms with Crippen molar-refractivity contribution in [2.75, 3.05) is 0 Å². The Morgan fingerprint density at radius 3 is 1.59 bits per heavy atom. The van der Waals surface area contributed by atoms with Crippen LogP contribution in [-0.2, 0) is 19.1 Å². The quantitative estimate of drug-likeness (QED) is 0.347. The van der Waals surface area contributed by atoms with Gasteiger partial charge < -0.3 is 9.47 Å². The number of ether oxygens (including phenoxy) is 2. The molecule has 5 atom stereocenters. The molecule has 2 saturated heterocycles. The number of imide groups is 2. The molecule has 0 unspecified atom stereocenters. The lowest BCUT2D eigenvalue weighted by molar-refractivity contribution is -0.140. The lowest BCUT2D eigenvalue weighted by Crippen LogP contribution is -2.46. The Bertz CT molecular complexity index is 1290. The minimum Gasteiger partial charge on any atom is -0.440 e. The van der Waals surface area contributed by atoms with Crippen molar-refractivity contribution in [3.63, 3.8) is 0 Å². The topological polar surface area (TPSA) is 93.2 Å². The average molecular weight is 563 g/mol. The summed E-state index contributed by atoms with van der Waals surface area (Å²) in [7, 11) is 0. The zero-order valence-corrected chi connectivity index (χ0v) is 25.3. The summed E-state index contributed by atoms with van der Waals surface area (Å²) in [6.45, 7) is 15.0. The highest BCUT2D eigenvalue weighted by atomic mass is 16.6. The summed E-state index contributed by atoms with van der Waals surface area (Å²) < 4.78 is 11.3. The van der Waals surface area contributed by atoms with E-state index >= 15 is 0 Å². The summed E-state index contributed by atoms with van der Waals surface area (Å²) in [5.74, 6) is -2.01. The average Bonchev–Trinajstić information content (AvgIpc) is 3.30. The maximum absolute atomic E-state index is 14.4. The molecule has 2 fully saturated rings. The van der Waals surface area contributed by atoms with Gasteiger partial charge in [0.1, 0.15) is 23.3 Å². The summed E-state index contributed by atoms with van der Waals surface area (Å²) in [6, 6.07) is 17.5. The highest BCUT2D eigenvalue weighted by molar-refractivity contribution is 5.97. The monoisotopic (exact) mass is 562 g/mol. The van der Waals surface area contributed by atoms with E-state index in [-0.39, 0.29) is 24.2 Å². The molecule has 2 aromatic carbocycles. The van der Waals surface area contributed by atoms with Crippen molar-refractivity contribution in [1.82, 2.24) is 9.80 Å². The van der Waals surface area contributed by atoms with Gasteiger partial charge in [-0.2, -0.15) is 0 Å². The number of amides is 4. The lowest BCUT2D eigenvalue weighted by Gasteiger charge is -2.36. The SMILES string of the molecule is CC(C)[C@H](C)[C@@H](C(=O)N1C(=O)OC(C)(C)[C@@H]1c1ccccc1)[C@H](C)CC(=O)N1C(=O)OC(C)(C)[C@@H]1c1ccccc1. The molecule has 0 bridgehead atoms. The van der Waals surface area contributed by atoms with E-state index in [9.17, 15) is 19.2 Å². The minimum absolute atomic E-state index is 0.0652. The van der Waals surface area contributed by atoms with Crippen molar-refractivity contribution in [2.24, 2.45) is 23.7 Å². The fourth-order valence-electron chi connectivity index (χ4n) is 6.39. The largest absolute Gasteiger partial charge is 0.440 e. The summed E-state index contributed by atoms with van der Waals surface area (Å²) >= 11 is 0. The lowest BCUT2D eigenvalue weighted by atomic mass is 9.75. The summed E-state index contributed by atoms with van der Waals surface area (Å²) in [5.41, 5.74) is -0.276. The number of rotatable bonds is 8. The Morgan fingerprint density at radius 1 is 0.732 bits per heavy atom. The highest BCUT2D eigenvalue weighted by Crippen LogP contribution is 2.45. The van der Waals surface area contributed by atoms with Gasteiger partial charge in [-0.3, -0.25) is 9.59 Å². The maximum atomic E-state index is 14.4. The standard InChI is InChI=1S/C33H42N2O6/c1-20(2)22(4)26(29(37)35-28(24-17-13-10-14-18-24)33(7,8)41-31(35)39)21(3)19-25(36)34-27(23-15-11-9-12-16-23)32(5,6)40-30(34)38/h9-18,20-22,26-28H,19H2,1-8H3/t21-,22+,26+,27+,28+/m1/s1. The van der Waals surface area contributed by atoms with Crippen molar-refractivity contribution >= 4 is 24.0 Å². The predicted molar refractivity (Wildman–Crippen MR) is 154 cm³/mol. The first-order chi connectivity index (χ1) is 19.2. The second-order valence-electron chi connectivity index (χ2n) is 12.9. The Labute approximate surface area is 243 Å². The summed E-state index contributed by atoms with van der Waals surface area (Å²) in [6.07, 6.45) is -1.46. The minimum atomic E-state index is -0.938. The first-order valence-electron chi connectivity index (χ1n) is 14.4. The third-order valence-electron chi connectivity index (χ3n) is 8.68. The van der Waals surface area contributed by atoms with Gasteiger partial charge in [0, 0.05) is 12.3 Å². The maximum Gasteiger partial charge on any atom is 0.417 e. The third kappa shape index (κ3) is 5.74. The van der Waals surface area contributed by atoms with E-state index in [4.69, 9.17) is 9.47 Å². The van der Waals surface area contributed by atoms with Crippen molar-refractivity contribution in [3.8, 4) is 0 Å². The van der Waals surface area contributed by atoms with E-state index in [1.807, 2.05) is 88.4 Å². The molecule has 0 aliphatic carbocycles. The van der Waals surface area contributed by atoms with E-state index in [2.05, 4.69) is 0 Å². The van der Waals surface area contributed by atoms with Crippen LogP contribution in [0.15, 0.2) is 60.7 Å². The predicted octanol–water partition coefficient (Wildman–Crippen LogP) is 6.92. The molecule has 8 heteroatoms. The van der Waals surface area contributed by atoms with Gasteiger partial charge in [0.15, 0.2) is 0 Å². The Kier molecular flexibility index (Phi) is 8.35. The Balaban J connectivity index is 1.66. The summed E-state index contributed by atoms with van der Waals surface area (Å²) in [5, 5.41) is 0. The second-order valence-corrected chi connectivity index (χ2v) is 12.9. The van der Waals surface area contributed by atoms with Crippen LogP contribution < -0.4 is 0 Å². The van der Waals surface area contributed by atoms with Crippen molar-refractivity contribution in [1.29, 1.82) is 0 Å². The van der Waals surface area contributed by atoms with Gasteiger partial charge in [-0.1, -0.05) is 88.4 Å². The number of carbonyl (C=O) groups excluding carboxylic acids is 4. The number of hydrogen-bond acceptors (Lipinski definition) is 6. The van der Waals surface area contributed by atoms with E-state index in [0.717, 1.165) is 11.1 Å². The van der Waals surface area contributed by atoms with Crippen molar-refractivity contribution < 1.29 is 28.7 Å². The highest BCUT2D eigenvalue weighted by Gasteiger charge is 2.55. The second kappa shape index (κ2) is 11.3. The molecule has 41 heavy (non-hydrogen) atoms. The smallest absolute Gasteiger partial charge is 0.417 e. The molecular weight excluding hydrogens is 520 g/mol. The van der Waals surface area contributed by atoms with Crippen LogP contribution in [0, 0.1) is 23.7 Å². The zero-order valence-electron chi connectivity index (χ0n) is 25.3. The molecule has 0 N–H and O–H groups in total. The number of carbonyl (C=O) groups is 4. The van der Waals surface area contributed by atoms with Gasteiger partial charge in [-0.25, -0.2) is 19.4 Å². The Morgan fingerprint density at radius 2 is 1.15 bits per heavy atom. The first kappa shape index (κ1) is 30.3. The molecule has 0 saturated carbocycles. The van der Waals surface area contributed by atoms with E-state index in [1.165, 1.54) is 9.80 Å². The molecule has 0 radical (unpaired) electrons. The van der Waals surface area contributed by atoms with Crippen molar-refractivity contribution in [2.45, 2.75) is 85.1 Å². The van der Waals surface area contributed by atoms with Gasteiger partial charge in [0.05, 0.1) is 0 Å². The molecule has 220 valence electrons. The fourth-order valence-corrected chi connectivity index (χ4v) is 6.39. The number of hydrogen-bond donors (Lipinski definition) is 0. The zero-order chi connectivity index (χ0) is 30.3. The third-order valence-corrected chi connectivity index (χ3v) is 8.68. The van der Waals surface area contributed by atoms with Crippen LogP contribution in [0.4, 0.5) is 9.59 Å². The van der Waals surface area contributed by atoms with Crippen LogP contribution in [0.25, 0.3) is 0 Å². The number of cyclic esters (lactones) is 2. The molecule has 0 spiro atoms. The molecule has 0 aromatic heterocycles. The van der Waals surface area contributed by atoms with Crippen LogP contribution in [0.5, 0.6) is 0 Å². The van der Waals surface area contributed by atoms with Crippen LogP contribution >= 0.6 is 0 Å². The van der Waals surface area contributed by atoms with E-state index in [0.29, 0.717) is 0 Å². The molecular formula is C33H42N2O6. The molecule has 2 aliphatic heterocycles. The fraction of sp³-hybridized carbons (Fsp3) is 0.515. The van der Waals surface area contributed by atoms with Crippen LogP contribution in [-0.4, -0.2) is 45.0 Å². The number of nitrogens with zero attached hydrogens (tertiary/aromatic N) is 2. The normalized spacial score (nSPS) is 23.6. The van der Waals surface area contributed by atoms with Gasteiger partial charge in [0.25, 0.3) is 0 Å². The van der Waals surface area contributed by atoms with Gasteiger partial charge in [-0.15, -0.1) is 0 Å². The van der Waals surface area contributed by atoms with Gasteiger partial charge >= 0.3 is 12.2 Å². The molecule has 8 nitrogen and oxygen atoms in total. The van der Waals surface area contributed by atoms with Crippen LogP contribution in [0.2, 0.25) is 0 Å². The molecule has 2 heterocycles. The van der Waals surface area contributed by atoms with Gasteiger partial charge in [0.2, 0.25) is 11.8 Å². The molecule has 4 rings (SSSR count). The number of benzene rings is 2. The Hall–Kier alpha value is -3.68.